The Balaban J connectivity index is 1.38. The molecule has 5 atom stereocenters. The zero-order valence-corrected chi connectivity index (χ0v) is 10.6. The average Bonchev–Trinajstić information content (AvgIpc) is 3.23. The third-order valence-corrected chi connectivity index (χ3v) is 5.34. The number of carbonyl (C=O) groups excluding carboxylic acids is 1. The van der Waals surface area contributed by atoms with Crippen molar-refractivity contribution in [2.24, 2.45) is 0 Å². The molecular weight excluding hydrogens is 232 g/mol. The van der Waals surface area contributed by atoms with Gasteiger partial charge in [-0.1, -0.05) is 12.8 Å². The molecule has 4 nitrogen and oxygen atoms in total. The fourth-order valence-electron chi connectivity index (χ4n) is 4.24. The first-order valence-electron chi connectivity index (χ1n) is 7.21. The second kappa shape index (κ2) is 3.70. The molecule has 0 aromatic rings. The first-order valence-corrected chi connectivity index (χ1v) is 7.21. The number of hydrogen-bond acceptors (Lipinski definition) is 4. The monoisotopic (exact) mass is 252 g/mol. The predicted octanol–water partition coefficient (Wildman–Crippen LogP) is 1.95. The smallest absolute Gasteiger partial charge is 0.293 e. The van der Waals surface area contributed by atoms with Crippen LogP contribution in [0.5, 0.6) is 0 Å². The van der Waals surface area contributed by atoms with E-state index in [2.05, 4.69) is 0 Å². The van der Waals surface area contributed by atoms with Gasteiger partial charge in [0, 0.05) is 12.8 Å². The highest BCUT2D eigenvalue weighted by molar-refractivity contribution is 5.37. The minimum atomic E-state index is 0.0643. The molecule has 100 valence electrons. The van der Waals surface area contributed by atoms with E-state index in [1.807, 2.05) is 0 Å². The Bertz CT molecular complexity index is 371. The second-order valence-electron chi connectivity index (χ2n) is 6.39. The summed E-state index contributed by atoms with van der Waals surface area (Å²) in [5, 5.41) is 0. The summed E-state index contributed by atoms with van der Waals surface area (Å²) in [6.45, 7) is 0.569. The van der Waals surface area contributed by atoms with Gasteiger partial charge in [0.15, 0.2) is 0 Å². The average molecular weight is 252 g/mol. The van der Waals surface area contributed by atoms with Gasteiger partial charge >= 0.3 is 0 Å². The molecule has 4 aliphatic rings. The maximum atomic E-state index is 10.4. The van der Waals surface area contributed by atoms with Crippen LogP contribution in [-0.2, 0) is 19.0 Å². The number of rotatable bonds is 4. The molecule has 5 unspecified atom stereocenters. The number of fused-ring (bicyclic) bond motifs is 2. The third kappa shape index (κ3) is 1.62. The Labute approximate surface area is 107 Å². The van der Waals surface area contributed by atoms with E-state index in [0.717, 1.165) is 25.7 Å². The molecule has 2 aliphatic carbocycles. The van der Waals surface area contributed by atoms with Crippen LogP contribution >= 0.6 is 0 Å². The summed E-state index contributed by atoms with van der Waals surface area (Å²) in [6.07, 6.45) is 9.86. The maximum absolute atomic E-state index is 10.4. The molecule has 0 radical (unpaired) electrons. The molecule has 4 fully saturated rings. The topological polar surface area (TPSA) is 51.4 Å². The molecule has 2 saturated carbocycles. The van der Waals surface area contributed by atoms with Crippen molar-refractivity contribution in [1.82, 2.24) is 0 Å². The van der Waals surface area contributed by atoms with Crippen LogP contribution < -0.4 is 0 Å². The lowest BCUT2D eigenvalue weighted by Crippen LogP contribution is -2.34. The van der Waals surface area contributed by atoms with Crippen LogP contribution in [-0.4, -0.2) is 36.0 Å². The first kappa shape index (κ1) is 11.2. The second-order valence-corrected chi connectivity index (χ2v) is 6.39. The van der Waals surface area contributed by atoms with Crippen LogP contribution in [0.2, 0.25) is 0 Å². The first-order chi connectivity index (χ1) is 8.76. The fourth-order valence-corrected chi connectivity index (χ4v) is 4.24. The summed E-state index contributed by atoms with van der Waals surface area (Å²) >= 11 is 0. The summed E-state index contributed by atoms with van der Waals surface area (Å²) < 4.78 is 17.0. The molecule has 0 N–H and O–H groups in total. The van der Waals surface area contributed by atoms with Gasteiger partial charge in [-0.25, -0.2) is 0 Å². The van der Waals surface area contributed by atoms with Gasteiger partial charge in [0.2, 0.25) is 0 Å². The van der Waals surface area contributed by atoms with Gasteiger partial charge in [0.05, 0.1) is 23.4 Å². The number of carbonyl (C=O) groups is 1. The van der Waals surface area contributed by atoms with Crippen molar-refractivity contribution in [3.8, 4) is 0 Å². The Kier molecular flexibility index (Phi) is 2.31. The van der Waals surface area contributed by atoms with E-state index in [1.165, 1.54) is 25.7 Å². The van der Waals surface area contributed by atoms with Crippen molar-refractivity contribution in [3.05, 3.63) is 0 Å². The van der Waals surface area contributed by atoms with Crippen LogP contribution in [0.3, 0.4) is 0 Å². The van der Waals surface area contributed by atoms with Gasteiger partial charge in [-0.15, -0.1) is 0 Å². The molecule has 18 heavy (non-hydrogen) atoms. The van der Waals surface area contributed by atoms with Crippen LogP contribution in [0.4, 0.5) is 0 Å². The summed E-state index contributed by atoms with van der Waals surface area (Å²) in [5.74, 6) is 0. The highest BCUT2D eigenvalue weighted by Gasteiger charge is 2.68. The van der Waals surface area contributed by atoms with Crippen molar-refractivity contribution in [2.45, 2.75) is 80.9 Å². The number of ether oxygens (including phenoxy) is 3. The van der Waals surface area contributed by atoms with Gasteiger partial charge in [0.1, 0.15) is 6.10 Å². The Morgan fingerprint density at radius 3 is 2.72 bits per heavy atom. The molecule has 4 heteroatoms. The fraction of sp³-hybridized carbons (Fsp3) is 0.929. The molecular formula is C14H20O4. The highest BCUT2D eigenvalue weighted by atomic mass is 16.6. The molecule has 2 saturated heterocycles. The van der Waals surface area contributed by atoms with Crippen LogP contribution in [0, 0.1) is 0 Å². The minimum Gasteiger partial charge on any atom is -0.464 e. The van der Waals surface area contributed by atoms with Crippen LogP contribution in [0.1, 0.15) is 51.4 Å². The van der Waals surface area contributed by atoms with Crippen molar-refractivity contribution < 1.29 is 19.0 Å². The van der Waals surface area contributed by atoms with Gasteiger partial charge < -0.3 is 14.2 Å². The predicted molar refractivity (Wildman–Crippen MR) is 63.1 cm³/mol. The van der Waals surface area contributed by atoms with E-state index in [0.29, 0.717) is 18.7 Å². The lowest BCUT2D eigenvalue weighted by atomic mass is 9.76. The van der Waals surface area contributed by atoms with E-state index < -0.39 is 0 Å². The zero-order valence-electron chi connectivity index (χ0n) is 10.6. The van der Waals surface area contributed by atoms with Crippen molar-refractivity contribution >= 4 is 6.47 Å². The van der Waals surface area contributed by atoms with E-state index >= 15 is 0 Å². The molecule has 2 heterocycles. The quantitative estimate of drug-likeness (QED) is 0.567. The zero-order chi connectivity index (χ0) is 12.2. The Morgan fingerprint density at radius 1 is 1.11 bits per heavy atom. The SMILES string of the molecule is O=COC1CCC2(CC34CCCCC3O4)OC2C1. The molecule has 0 spiro atoms. The highest BCUT2D eigenvalue weighted by Crippen LogP contribution is 2.60. The Morgan fingerprint density at radius 2 is 1.94 bits per heavy atom. The van der Waals surface area contributed by atoms with E-state index in [1.54, 1.807) is 0 Å². The summed E-state index contributed by atoms with van der Waals surface area (Å²) in [6, 6.07) is 0. The minimum absolute atomic E-state index is 0.0643. The van der Waals surface area contributed by atoms with Crippen molar-refractivity contribution in [3.63, 3.8) is 0 Å². The molecule has 2 aliphatic heterocycles. The van der Waals surface area contributed by atoms with Gasteiger partial charge in [0.25, 0.3) is 6.47 Å². The third-order valence-electron chi connectivity index (χ3n) is 5.34. The standard InChI is InChI=1S/C14H20O4/c15-9-16-10-4-6-14(12(7-10)18-14)8-13-5-2-1-3-11(13)17-13/h9-12H,1-8H2. The van der Waals surface area contributed by atoms with Crippen LogP contribution in [0.15, 0.2) is 0 Å². The molecule has 0 aromatic carbocycles. The van der Waals surface area contributed by atoms with Crippen molar-refractivity contribution in [1.29, 1.82) is 0 Å². The van der Waals surface area contributed by atoms with E-state index in [-0.39, 0.29) is 17.3 Å². The lowest BCUT2D eigenvalue weighted by Gasteiger charge is -2.26. The van der Waals surface area contributed by atoms with Crippen LogP contribution in [0.25, 0.3) is 0 Å². The van der Waals surface area contributed by atoms with E-state index in [9.17, 15) is 4.79 Å². The Hall–Kier alpha value is -0.610. The normalized spacial score (nSPS) is 53.0. The molecule has 0 aromatic heterocycles. The van der Waals surface area contributed by atoms with E-state index in [4.69, 9.17) is 14.2 Å². The summed E-state index contributed by atoms with van der Waals surface area (Å²) in [4.78, 5) is 10.4. The number of epoxide rings is 2. The van der Waals surface area contributed by atoms with Gasteiger partial charge in [-0.3, -0.25) is 4.79 Å². The van der Waals surface area contributed by atoms with Crippen molar-refractivity contribution in [2.75, 3.05) is 0 Å². The van der Waals surface area contributed by atoms with Gasteiger partial charge in [-0.05, 0) is 25.7 Å². The largest absolute Gasteiger partial charge is 0.464 e. The van der Waals surface area contributed by atoms with Gasteiger partial charge in [-0.2, -0.15) is 0 Å². The molecule has 0 bridgehead atoms. The summed E-state index contributed by atoms with van der Waals surface area (Å²) in [5.41, 5.74) is 0.222. The maximum Gasteiger partial charge on any atom is 0.293 e. The summed E-state index contributed by atoms with van der Waals surface area (Å²) in [7, 11) is 0. The number of hydrogen-bond donors (Lipinski definition) is 0. The molecule has 4 rings (SSSR count). The molecule has 0 amide bonds. The lowest BCUT2D eigenvalue weighted by molar-refractivity contribution is -0.134.